The molecule has 0 heterocycles. The Balaban J connectivity index is 1.76. The van der Waals surface area contributed by atoms with Crippen LogP contribution in [-0.2, 0) is 16.6 Å². The Morgan fingerprint density at radius 1 is 0.964 bits per heavy atom. The number of amides is 1. The predicted molar refractivity (Wildman–Crippen MR) is 111 cm³/mol. The third-order valence-electron chi connectivity index (χ3n) is 3.92. The Hall–Kier alpha value is -2.68. The quantitative estimate of drug-likeness (QED) is 0.486. The molecule has 0 saturated heterocycles. The van der Waals surface area contributed by atoms with E-state index in [-0.39, 0.29) is 28.4 Å². The summed E-state index contributed by atoms with van der Waals surface area (Å²) in [7, 11) is -3.79. The van der Waals surface area contributed by atoms with Gasteiger partial charge in [0.2, 0.25) is 10.0 Å². The Morgan fingerprint density at radius 2 is 1.71 bits per heavy atom. The second-order valence-electron chi connectivity index (χ2n) is 5.95. The van der Waals surface area contributed by atoms with E-state index in [1.165, 1.54) is 30.3 Å². The van der Waals surface area contributed by atoms with E-state index in [9.17, 15) is 18.3 Å². The van der Waals surface area contributed by atoms with Crippen molar-refractivity contribution in [1.82, 2.24) is 4.72 Å². The second kappa shape index (κ2) is 8.55. The average Bonchev–Trinajstić information content (AvgIpc) is 2.69. The van der Waals surface area contributed by atoms with Gasteiger partial charge >= 0.3 is 0 Å². The maximum atomic E-state index is 12.5. The zero-order chi connectivity index (χ0) is 20.1. The van der Waals surface area contributed by atoms with Crippen LogP contribution in [0.2, 0.25) is 0 Å². The van der Waals surface area contributed by atoms with Crippen LogP contribution in [0, 0.1) is 0 Å². The van der Waals surface area contributed by atoms with E-state index in [1.807, 2.05) is 30.3 Å². The highest BCUT2D eigenvalue weighted by molar-refractivity contribution is 9.10. The fourth-order valence-corrected chi connectivity index (χ4v) is 3.88. The molecule has 3 rings (SSSR count). The Bertz CT molecular complexity index is 1100. The summed E-state index contributed by atoms with van der Waals surface area (Å²) >= 11 is 3.22. The minimum absolute atomic E-state index is 0.0175. The summed E-state index contributed by atoms with van der Waals surface area (Å²) in [5, 5.41) is 12.5. The molecular weight excluding hydrogens is 444 g/mol. The molecular formula is C20H17BrN2O4S. The number of hydrogen-bond donors (Lipinski definition) is 3. The zero-order valence-corrected chi connectivity index (χ0v) is 17.0. The molecule has 0 aliphatic heterocycles. The van der Waals surface area contributed by atoms with Crippen LogP contribution in [0.3, 0.4) is 0 Å². The van der Waals surface area contributed by atoms with Crippen LogP contribution in [0.5, 0.6) is 5.75 Å². The van der Waals surface area contributed by atoms with Gasteiger partial charge in [-0.2, -0.15) is 0 Å². The fraction of sp³-hybridized carbons (Fsp3) is 0.0500. The summed E-state index contributed by atoms with van der Waals surface area (Å²) in [6, 6.07) is 19.5. The lowest BCUT2D eigenvalue weighted by Crippen LogP contribution is -2.23. The van der Waals surface area contributed by atoms with Crippen molar-refractivity contribution in [3.63, 3.8) is 0 Å². The molecule has 0 spiro atoms. The van der Waals surface area contributed by atoms with Crippen molar-refractivity contribution in [2.75, 3.05) is 5.32 Å². The molecule has 1 amide bonds. The zero-order valence-electron chi connectivity index (χ0n) is 14.6. The standard InChI is InChI=1S/C20H17BrN2O4S/c21-16-9-10-18(19(24)12-16)23-20(25)15-7-4-8-17(11-15)28(26,27)22-13-14-5-2-1-3-6-14/h1-12,22,24H,13H2,(H,23,25). The van der Waals surface area contributed by atoms with Gasteiger partial charge in [-0.3, -0.25) is 4.79 Å². The highest BCUT2D eigenvalue weighted by Gasteiger charge is 2.17. The molecule has 0 atom stereocenters. The van der Waals surface area contributed by atoms with E-state index in [1.54, 1.807) is 12.1 Å². The molecule has 28 heavy (non-hydrogen) atoms. The van der Waals surface area contributed by atoms with Crippen LogP contribution < -0.4 is 10.0 Å². The van der Waals surface area contributed by atoms with Crippen LogP contribution in [0.15, 0.2) is 82.2 Å². The van der Waals surface area contributed by atoms with Crippen LogP contribution in [0.25, 0.3) is 0 Å². The van der Waals surface area contributed by atoms with Crippen LogP contribution in [0.1, 0.15) is 15.9 Å². The molecule has 0 radical (unpaired) electrons. The number of hydrogen-bond acceptors (Lipinski definition) is 4. The topological polar surface area (TPSA) is 95.5 Å². The minimum Gasteiger partial charge on any atom is -0.506 e. The number of rotatable bonds is 6. The van der Waals surface area contributed by atoms with Gasteiger partial charge in [0.25, 0.3) is 5.91 Å². The summed E-state index contributed by atoms with van der Waals surface area (Å²) in [5.41, 5.74) is 1.21. The number of carbonyl (C=O) groups is 1. The van der Waals surface area contributed by atoms with Gasteiger partial charge in [0, 0.05) is 16.6 Å². The number of anilines is 1. The van der Waals surface area contributed by atoms with E-state index in [4.69, 9.17) is 0 Å². The molecule has 3 aromatic carbocycles. The summed E-state index contributed by atoms with van der Waals surface area (Å²) in [6.07, 6.45) is 0. The molecule has 0 aromatic heterocycles. The first-order chi connectivity index (χ1) is 13.3. The summed E-state index contributed by atoms with van der Waals surface area (Å²) in [6.45, 7) is 0.145. The first-order valence-electron chi connectivity index (χ1n) is 8.29. The van der Waals surface area contributed by atoms with Crippen molar-refractivity contribution in [1.29, 1.82) is 0 Å². The number of phenols is 1. The largest absolute Gasteiger partial charge is 0.506 e. The summed E-state index contributed by atoms with van der Waals surface area (Å²) in [4.78, 5) is 12.4. The molecule has 0 aliphatic rings. The van der Waals surface area contributed by atoms with Crippen LogP contribution >= 0.6 is 15.9 Å². The molecule has 6 nitrogen and oxygen atoms in total. The SMILES string of the molecule is O=C(Nc1ccc(Br)cc1O)c1cccc(S(=O)(=O)NCc2ccccc2)c1. The number of aromatic hydroxyl groups is 1. The molecule has 0 fully saturated rings. The van der Waals surface area contributed by atoms with E-state index >= 15 is 0 Å². The van der Waals surface area contributed by atoms with Crippen LogP contribution in [-0.4, -0.2) is 19.4 Å². The van der Waals surface area contributed by atoms with Crippen LogP contribution in [0.4, 0.5) is 5.69 Å². The number of phenolic OH excluding ortho intramolecular Hbond substituents is 1. The van der Waals surface area contributed by atoms with Gasteiger partial charge in [0.15, 0.2) is 0 Å². The van der Waals surface area contributed by atoms with E-state index < -0.39 is 15.9 Å². The number of nitrogens with one attached hydrogen (secondary N) is 2. The molecule has 144 valence electrons. The minimum atomic E-state index is -3.79. The van der Waals surface area contributed by atoms with Gasteiger partial charge in [-0.25, -0.2) is 13.1 Å². The van der Waals surface area contributed by atoms with Crippen molar-refractivity contribution in [3.05, 3.63) is 88.4 Å². The molecule has 3 N–H and O–H groups in total. The van der Waals surface area contributed by atoms with Gasteiger partial charge in [-0.05, 0) is 42.0 Å². The summed E-state index contributed by atoms with van der Waals surface area (Å²) in [5.74, 6) is -0.631. The monoisotopic (exact) mass is 460 g/mol. The molecule has 3 aromatic rings. The lowest BCUT2D eigenvalue weighted by atomic mass is 10.2. The van der Waals surface area contributed by atoms with Gasteiger partial charge < -0.3 is 10.4 Å². The Morgan fingerprint density at radius 3 is 2.43 bits per heavy atom. The molecule has 0 aliphatic carbocycles. The lowest BCUT2D eigenvalue weighted by molar-refractivity contribution is 0.102. The van der Waals surface area contributed by atoms with Crippen molar-refractivity contribution in [2.24, 2.45) is 0 Å². The Kier molecular flexibility index (Phi) is 6.13. The van der Waals surface area contributed by atoms with Crippen molar-refractivity contribution in [2.45, 2.75) is 11.4 Å². The normalized spacial score (nSPS) is 11.2. The smallest absolute Gasteiger partial charge is 0.255 e. The first kappa shape index (κ1) is 20.1. The molecule has 0 bridgehead atoms. The van der Waals surface area contributed by atoms with Gasteiger partial charge in [-0.1, -0.05) is 52.3 Å². The van der Waals surface area contributed by atoms with Crippen molar-refractivity contribution < 1.29 is 18.3 Å². The number of sulfonamides is 1. The molecule has 8 heteroatoms. The maximum absolute atomic E-state index is 12.5. The fourth-order valence-electron chi connectivity index (χ4n) is 2.47. The van der Waals surface area contributed by atoms with Gasteiger partial charge in [0.1, 0.15) is 5.75 Å². The Labute approximate surface area is 171 Å². The predicted octanol–water partition coefficient (Wildman–Crippen LogP) is 3.89. The van der Waals surface area contributed by atoms with E-state index in [2.05, 4.69) is 26.0 Å². The van der Waals surface area contributed by atoms with E-state index in [0.29, 0.717) is 4.47 Å². The van der Waals surface area contributed by atoms with Crippen molar-refractivity contribution >= 4 is 37.5 Å². The maximum Gasteiger partial charge on any atom is 0.255 e. The number of carbonyl (C=O) groups excluding carboxylic acids is 1. The number of halogens is 1. The average molecular weight is 461 g/mol. The molecule has 0 saturated carbocycles. The lowest BCUT2D eigenvalue weighted by Gasteiger charge is -2.10. The van der Waals surface area contributed by atoms with Gasteiger partial charge in [0.05, 0.1) is 10.6 Å². The first-order valence-corrected chi connectivity index (χ1v) is 10.6. The third-order valence-corrected chi connectivity index (χ3v) is 5.82. The highest BCUT2D eigenvalue weighted by Crippen LogP contribution is 2.27. The van der Waals surface area contributed by atoms with E-state index in [0.717, 1.165) is 5.56 Å². The second-order valence-corrected chi connectivity index (χ2v) is 8.64. The van der Waals surface area contributed by atoms with Gasteiger partial charge in [-0.15, -0.1) is 0 Å². The molecule has 0 unspecified atom stereocenters. The highest BCUT2D eigenvalue weighted by atomic mass is 79.9. The third kappa shape index (κ3) is 4.98. The summed E-state index contributed by atoms with van der Waals surface area (Å²) < 4.78 is 28.3. The van der Waals surface area contributed by atoms with Crippen molar-refractivity contribution in [3.8, 4) is 5.75 Å². The number of benzene rings is 3.